The molecule has 1 aliphatic rings. The zero-order valence-corrected chi connectivity index (χ0v) is 12.2. The van der Waals surface area contributed by atoms with Gasteiger partial charge in [-0.1, -0.05) is 6.92 Å². The third kappa shape index (κ3) is 3.59. The Balaban J connectivity index is 2.64. The van der Waals surface area contributed by atoms with E-state index in [4.69, 9.17) is 16.3 Å². The summed E-state index contributed by atoms with van der Waals surface area (Å²) < 4.78 is 5.69. The number of alkyl halides is 1. The Labute approximate surface area is 109 Å². The van der Waals surface area contributed by atoms with E-state index in [0.717, 1.165) is 6.42 Å². The van der Waals surface area contributed by atoms with E-state index in [0.29, 0.717) is 5.88 Å². The standard InChI is InChI=1S/C13H24ClNO2/c1-8-9(2)17-10(3)11(8)12(16)15-13(4,5)6-7-14/h8-11H,6-7H2,1-5H3,(H,15,16). The maximum absolute atomic E-state index is 12.3. The first-order valence-corrected chi connectivity index (χ1v) is 6.85. The highest BCUT2D eigenvalue weighted by atomic mass is 35.5. The van der Waals surface area contributed by atoms with E-state index in [9.17, 15) is 4.79 Å². The number of hydrogen-bond donors (Lipinski definition) is 1. The van der Waals surface area contributed by atoms with Gasteiger partial charge in [0.2, 0.25) is 5.91 Å². The molecule has 1 aliphatic heterocycles. The summed E-state index contributed by atoms with van der Waals surface area (Å²) in [6.07, 6.45) is 0.912. The molecule has 0 aromatic carbocycles. The molecule has 1 fully saturated rings. The fourth-order valence-electron chi connectivity index (χ4n) is 2.43. The van der Waals surface area contributed by atoms with Crippen LogP contribution in [0.3, 0.4) is 0 Å². The molecule has 4 heteroatoms. The smallest absolute Gasteiger partial charge is 0.226 e. The minimum atomic E-state index is -0.246. The van der Waals surface area contributed by atoms with E-state index < -0.39 is 0 Å². The number of ether oxygens (including phenoxy) is 1. The Morgan fingerprint density at radius 1 is 1.29 bits per heavy atom. The van der Waals surface area contributed by atoms with Gasteiger partial charge in [-0.05, 0) is 40.0 Å². The fourth-order valence-corrected chi connectivity index (χ4v) is 2.91. The number of carbonyl (C=O) groups excluding carboxylic acids is 1. The minimum Gasteiger partial charge on any atom is -0.374 e. The zero-order chi connectivity index (χ0) is 13.2. The van der Waals surface area contributed by atoms with Crippen LogP contribution in [0, 0.1) is 11.8 Å². The summed E-state index contributed by atoms with van der Waals surface area (Å²) in [6, 6.07) is 0. The van der Waals surface area contributed by atoms with Crippen LogP contribution in [0.15, 0.2) is 0 Å². The maximum Gasteiger partial charge on any atom is 0.226 e. The largest absolute Gasteiger partial charge is 0.374 e. The lowest BCUT2D eigenvalue weighted by Crippen LogP contribution is -2.48. The van der Waals surface area contributed by atoms with Gasteiger partial charge in [-0.3, -0.25) is 4.79 Å². The second-order valence-electron chi connectivity index (χ2n) is 5.74. The van der Waals surface area contributed by atoms with Crippen molar-refractivity contribution in [2.45, 2.75) is 58.8 Å². The lowest BCUT2D eigenvalue weighted by atomic mass is 9.87. The lowest BCUT2D eigenvalue weighted by molar-refractivity contribution is -0.128. The average molecular weight is 262 g/mol. The molecular weight excluding hydrogens is 238 g/mol. The van der Waals surface area contributed by atoms with Gasteiger partial charge in [0.05, 0.1) is 18.1 Å². The van der Waals surface area contributed by atoms with Crippen LogP contribution in [0.25, 0.3) is 0 Å². The molecular formula is C13H24ClNO2. The van der Waals surface area contributed by atoms with E-state index in [-0.39, 0.29) is 35.5 Å². The summed E-state index contributed by atoms with van der Waals surface area (Å²) in [6.45, 7) is 10.1. The Bertz CT molecular complexity index is 281. The molecule has 1 heterocycles. The van der Waals surface area contributed by atoms with Gasteiger partial charge in [0, 0.05) is 11.4 Å². The van der Waals surface area contributed by atoms with Crippen LogP contribution in [0.2, 0.25) is 0 Å². The third-order valence-corrected chi connectivity index (χ3v) is 3.91. The third-order valence-electron chi connectivity index (χ3n) is 3.73. The number of amides is 1. The molecule has 100 valence electrons. The molecule has 4 unspecified atom stereocenters. The summed E-state index contributed by atoms with van der Waals surface area (Å²) >= 11 is 5.73. The second kappa shape index (κ2) is 5.57. The van der Waals surface area contributed by atoms with Gasteiger partial charge in [0.25, 0.3) is 0 Å². The summed E-state index contributed by atoms with van der Waals surface area (Å²) in [4.78, 5) is 12.3. The van der Waals surface area contributed by atoms with Crippen molar-refractivity contribution in [3.8, 4) is 0 Å². The van der Waals surface area contributed by atoms with Crippen LogP contribution in [0.5, 0.6) is 0 Å². The van der Waals surface area contributed by atoms with Crippen molar-refractivity contribution in [1.29, 1.82) is 0 Å². The predicted molar refractivity (Wildman–Crippen MR) is 70.2 cm³/mol. The van der Waals surface area contributed by atoms with E-state index >= 15 is 0 Å². The SMILES string of the molecule is CC1OC(C)C(C(=O)NC(C)(C)CCCl)C1C. The first-order valence-electron chi connectivity index (χ1n) is 6.32. The highest BCUT2D eigenvalue weighted by molar-refractivity contribution is 6.17. The fraction of sp³-hybridized carbons (Fsp3) is 0.923. The van der Waals surface area contributed by atoms with Gasteiger partial charge < -0.3 is 10.1 Å². The topological polar surface area (TPSA) is 38.3 Å². The van der Waals surface area contributed by atoms with Gasteiger partial charge in [0.1, 0.15) is 0 Å². The number of rotatable bonds is 4. The predicted octanol–water partition coefficient (Wildman–Crippen LogP) is 2.57. The molecule has 0 spiro atoms. The van der Waals surface area contributed by atoms with Crippen molar-refractivity contribution >= 4 is 17.5 Å². The summed E-state index contributed by atoms with van der Waals surface area (Å²) in [5.41, 5.74) is -0.246. The van der Waals surface area contributed by atoms with Crippen molar-refractivity contribution in [3.63, 3.8) is 0 Å². The van der Waals surface area contributed by atoms with E-state index in [2.05, 4.69) is 12.2 Å². The van der Waals surface area contributed by atoms with Gasteiger partial charge in [0.15, 0.2) is 0 Å². The Hall–Kier alpha value is -0.280. The highest BCUT2D eigenvalue weighted by Gasteiger charge is 2.42. The summed E-state index contributed by atoms with van der Waals surface area (Å²) in [7, 11) is 0. The Morgan fingerprint density at radius 3 is 2.29 bits per heavy atom. The number of nitrogens with one attached hydrogen (secondary N) is 1. The van der Waals surface area contributed by atoms with Crippen molar-refractivity contribution in [2.24, 2.45) is 11.8 Å². The molecule has 1 rings (SSSR count). The molecule has 0 bridgehead atoms. The van der Waals surface area contributed by atoms with Crippen LogP contribution < -0.4 is 5.32 Å². The van der Waals surface area contributed by atoms with E-state index in [1.54, 1.807) is 0 Å². The second-order valence-corrected chi connectivity index (χ2v) is 6.12. The maximum atomic E-state index is 12.3. The van der Waals surface area contributed by atoms with E-state index in [1.165, 1.54) is 0 Å². The molecule has 0 saturated carbocycles. The van der Waals surface area contributed by atoms with E-state index in [1.807, 2.05) is 27.7 Å². The normalized spacial score (nSPS) is 33.8. The number of hydrogen-bond acceptors (Lipinski definition) is 2. The van der Waals surface area contributed by atoms with Crippen molar-refractivity contribution in [3.05, 3.63) is 0 Å². The molecule has 0 aliphatic carbocycles. The van der Waals surface area contributed by atoms with Crippen LogP contribution in [0.4, 0.5) is 0 Å². The van der Waals surface area contributed by atoms with Crippen molar-refractivity contribution < 1.29 is 9.53 Å². The van der Waals surface area contributed by atoms with Crippen molar-refractivity contribution in [1.82, 2.24) is 5.32 Å². The molecule has 1 saturated heterocycles. The molecule has 1 amide bonds. The summed E-state index contributed by atoms with van der Waals surface area (Å²) in [5, 5.41) is 3.08. The first-order chi connectivity index (χ1) is 7.78. The lowest BCUT2D eigenvalue weighted by Gasteiger charge is -2.29. The van der Waals surface area contributed by atoms with Crippen LogP contribution in [0.1, 0.15) is 41.0 Å². The van der Waals surface area contributed by atoms with Gasteiger partial charge in [-0.2, -0.15) is 0 Å². The quantitative estimate of drug-likeness (QED) is 0.790. The molecule has 0 radical (unpaired) electrons. The molecule has 4 atom stereocenters. The van der Waals surface area contributed by atoms with Gasteiger partial charge in [-0.15, -0.1) is 11.6 Å². The average Bonchev–Trinajstić information content (AvgIpc) is 2.39. The molecule has 1 N–H and O–H groups in total. The molecule has 0 aromatic heterocycles. The zero-order valence-electron chi connectivity index (χ0n) is 11.4. The first kappa shape index (κ1) is 14.8. The number of carbonyl (C=O) groups is 1. The highest BCUT2D eigenvalue weighted by Crippen LogP contribution is 2.32. The summed E-state index contributed by atoms with van der Waals surface area (Å²) in [5.74, 6) is 0.844. The number of halogens is 1. The Morgan fingerprint density at radius 2 is 1.88 bits per heavy atom. The monoisotopic (exact) mass is 261 g/mol. The van der Waals surface area contributed by atoms with Gasteiger partial charge in [-0.25, -0.2) is 0 Å². The molecule has 3 nitrogen and oxygen atoms in total. The van der Waals surface area contributed by atoms with Crippen LogP contribution in [-0.2, 0) is 9.53 Å². The van der Waals surface area contributed by atoms with Crippen LogP contribution >= 0.6 is 11.6 Å². The minimum absolute atomic E-state index is 0.00759. The Kier molecular flexibility index (Phi) is 4.85. The van der Waals surface area contributed by atoms with Gasteiger partial charge >= 0.3 is 0 Å². The van der Waals surface area contributed by atoms with Crippen molar-refractivity contribution in [2.75, 3.05) is 5.88 Å². The molecule has 17 heavy (non-hydrogen) atoms. The van der Waals surface area contributed by atoms with Crippen LogP contribution in [-0.4, -0.2) is 29.5 Å². The molecule has 0 aromatic rings.